The number of rotatable bonds is 4. The van der Waals surface area contributed by atoms with E-state index in [-0.39, 0.29) is 11.6 Å². The zero-order chi connectivity index (χ0) is 19.5. The van der Waals surface area contributed by atoms with Gasteiger partial charge in [0.25, 0.3) is 5.91 Å². The van der Waals surface area contributed by atoms with Crippen LogP contribution in [0, 0.1) is 6.92 Å². The SMILES string of the molecule is Cc1nc(Nc2cccc3cccnc23)cc(C(=O)Nc2ccccc2Cl)n1. The molecule has 6 nitrogen and oxygen atoms in total. The lowest BCUT2D eigenvalue weighted by atomic mass is 10.2. The zero-order valence-electron chi connectivity index (χ0n) is 15.0. The summed E-state index contributed by atoms with van der Waals surface area (Å²) in [5.74, 6) is 0.621. The van der Waals surface area contributed by atoms with Crippen molar-refractivity contribution in [1.29, 1.82) is 0 Å². The van der Waals surface area contributed by atoms with Gasteiger partial charge in [-0.05, 0) is 31.2 Å². The minimum absolute atomic E-state index is 0.239. The summed E-state index contributed by atoms with van der Waals surface area (Å²) in [6.07, 6.45) is 1.74. The second kappa shape index (κ2) is 7.62. The summed E-state index contributed by atoms with van der Waals surface area (Å²) in [5.41, 5.74) is 2.39. The highest BCUT2D eigenvalue weighted by molar-refractivity contribution is 6.33. The number of carbonyl (C=O) groups excluding carboxylic acids is 1. The van der Waals surface area contributed by atoms with E-state index in [9.17, 15) is 4.79 Å². The van der Waals surface area contributed by atoms with Gasteiger partial charge in [0.2, 0.25) is 0 Å². The second-order valence-corrected chi connectivity index (χ2v) is 6.53. The highest BCUT2D eigenvalue weighted by Crippen LogP contribution is 2.25. The van der Waals surface area contributed by atoms with E-state index in [1.165, 1.54) is 0 Å². The lowest BCUT2D eigenvalue weighted by molar-refractivity contribution is 0.102. The normalized spacial score (nSPS) is 10.6. The summed E-state index contributed by atoms with van der Waals surface area (Å²) < 4.78 is 0. The van der Waals surface area contributed by atoms with Crippen LogP contribution >= 0.6 is 11.6 Å². The van der Waals surface area contributed by atoms with Crippen LogP contribution in [0.25, 0.3) is 10.9 Å². The van der Waals surface area contributed by atoms with Crippen molar-refractivity contribution >= 4 is 45.6 Å². The number of aryl methyl sites for hydroxylation is 1. The Kier molecular flexibility index (Phi) is 4.87. The van der Waals surface area contributed by atoms with Crippen molar-refractivity contribution in [2.45, 2.75) is 6.92 Å². The number of benzene rings is 2. The second-order valence-electron chi connectivity index (χ2n) is 6.13. The summed E-state index contributed by atoms with van der Waals surface area (Å²) in [7, 11) is 0. The number of para-hydroxylation sites is 2. The smallest absolute Gasteiger partial charge is 0.274 e. The average Bonchev–Trinajstić information content (AvgIpc) is 2.69. The summed E-state index contributed by atoms with van der Waals surface area (Å²) in [5, 5.41) is 7.48. The third-order valence-corrected chi connectivity index (χ3v) is 4.42. The van der Waals surface area contributed by atoms with E-state index >= 15 is 0 Å². The maximum atomic E-state index is 12.6. The number of nitrogens with one attached hydrogen (secondary N) is 2. The molecule has 0 unspecified atom stereocenters. The van der Waals surface area contributed by atoms with Crippen LogP contribution in [-0.2, 0) is 0 Å². The van der Waals surface area contributed by atoms with E-state index in [1.54, 1.807) is 43.5 Å². The van der Waals surface area contributed by atoms with Crippen molar-refractivity contribution < 1.29 is 4.79 Å². The van der Waals surface area contributed by atoms with Gasteiger partial charge in [-0.3, -0.25) is 9.78 Å². The number of fused-ring (bicyclic) bond motifs is 1. The predicted octanol–water partition coefficient (Wildman–Crippen LogP) is 4.98. The van der Waals surface area contributed by atoms with E-state index < -0.39 is 0 Å². The zero-order valence-corrected chi connectivity index (χ0v) is 15.7. The molecule has 4 rings (SSSR count). The van der Waals surface area contributed by atoms with Crippen molar-refractivity contribution in [2.75, 3.05) is 10.6 Å². The number of anilines is 3. The highest BCUT2D eigenvalue weighted by atomic mass is 35.5. The van der Waals surface area contributed by atoms with Crippen LogP contribution < -0.4 is 10.6 Å². The van der Waals surface area contributed by atoms with Crippen LogP contribution in [0.3, 0.4) is 0 Å². The minimum atomic E-state index is -0.363. The summed E-state index contributed by atoms with van der Waals surface area (Å²) in [4.78, 5) is 25.7. The van der Waals surface area contributed by atoms with Gasteiger partial charge in [-0.2, -0.15) is 0 Å². The number of halogens is 1. The quantitative estimate of drug-likeness (QED) is 0.514. The molecule has 4 aromatic rings. The molecule has 0 saturated heterocycles. The molecule has 0 bridgehead atoms. The third kappa shape index (κ3) is 3.77. The van der Waals surface area contributed by atoms with Crippen molar-refractivity contribution in [3.8, 4) is 0 Å². The van der Waals surface area contributed by atoms with Gasteiger partial charge in [0, 0.05) is 17.6 Å². The third-order valence-electron chi connectivity index (χ3n) is 4.09. The largest absolute Gasteiger partial charge is 0.338 e. The first-order valence-corrected chi connectivity index (χ1v) is 9.00. The monoisotopic (exact) mass is 389 g/mol. The lowest BCUT2D eigenvalue weighted by Crippen LogP contribution is -2.15. The first kappa shape index (κ1) is 17.9. The minimum Gasteiger partial charge on any atom is -0.338 e. The Morgan fingerprint density at radius 3 is 2.61 bits per heavy atom. The van der Waals surface area contributed by atoms with Crippen molar-refractivity contribution in [2.24, 2.45) is 0 Å². The van der Waals surface area contributed by atoms with Crippen LogP contribution in [0.5, 0.6) is 0 Å². The van der Waals surface area contributed by atoms with Crippen molar-refractivity contribution in [3.05, 3.63) is 83.4 Å². The number of carbonyl (C=O) groups is 1. The Balaban J connectivity index is 1.64. The molecule has 7 heteroatoms. The Bertz CT molecular complexity index is 1170. The first-order valence-electron chi connectivity index (χ1n) is 8.62. The first-order chi connectivity index (χ1) is 13.6. The number of hydrogen-bond donors (Lipinski definition) is 2. The van der Waals surface area contributed by atoms with Gasteiger partial charge in [0.05, 0.1) is 21.9 Å². The molecule has 2 aromatic carbocycles. The Morgan fingerprint density at radius 2 is 1.75 bits per heavy atom. The molecule has 0 radical (unpaired) electrons. The van der Waals surface area contributed by atoms with E-state index in [1.807, 2.05) is 30.3 Å². The molecule has 0 saturated carbocycles. The van der Waals surface area contributed by atoms with Crippen LogP contribution in [0.15, 0.2) is 66.9 Å². The average molecular weight is 390 g/mol. The predicted molar refractivity (Wildman–Crippen MR) is 111 cm³/mol. The number of pyridine rings is 1. The van der Waals surface area contributed by atoms with Gasteiger partial charge >= 0.3 is 0 Å². The van der Waals surface area contributed by atoms with Crippen molar-refractivity contribution in [3.63, 3.8) is 0 Å². The fourth-order valence-electron chi connectivity index (χ4n) is 2.84. The molecule has 2 N–H and O–H groups in total. The molecule has 2 heterocycles. The Morgan fingerprint density at radius 1 is 0.964 bits per heavy atom. The van der Waals surface area contributed by atoms with E-state index in [0.717, 1.165) is 16.6 Å². The molecule has 0 aliphatic carbocycles. The van der Waals surface area contributed by atoms with Crippen LogP contribution in [0.2, 0.25) is 5.02 Å². The standard InChI is InChI=1S/C21H16ClN5O/c1-13-24-18(21(28)27-16-9-3-2-8-15(16)22)12-19(25-13)26-17-10-4-6-14-7-5-11-23-20(14)17/h2-12H,1H3,(H,27,28)(H,24,25,26). The van der Waals surface area contributed by atoms with Crippen molar-refractivity contribution in [1.82, 2.24) is 15.0 Å². The summed E-state index contributed by atoms with van der Waals surface area (Å²) in [6.45, 7) is 1.73. The highest BCUT2D eigenvalue weighted by Gasteiger charge is 2.13. The van der Waals surface area contributed by atoms with Gasteiger partial charge in [-0.1, -0.05) is 41.9 Å². The number of nitrogens with zero attached hydrogens (tertiary/aromatic N) is 3. The molecule has 0 atom stereocenters. The maximum absolute atomic E-state index is 12.6. The van der Waals surface area contributed by atoms with Crippen LogP contribution in [-0.4, -0.2) is 20.9 Å². The maximum Gasteiger partial charge on any atom is 0.274 e. The summed E-state index contributed by atoms with van der Waals surface area (Å²) >= 11 is 6.11. The molecule has 0 spiro atoms. The van der Waals surface area contributed by atoms with E-state index in [4.69, 9.17) is 11.6 Å². The van der Waals surface area contributed by atoms with Crippen LogP contribution in [0.4, 0.5) is 17.2 Å². The van der Waals surface area contributed by atoms with E-state index in [0.29, 0.717) is 22.4 Å². The van der Waals surface area contributed by atoms with Gasteiger partial charge in [-0.15, -0.1) is 0 Å². The molecule has 0 fully saturated rings. The van der Waals surface area contributed by atoms with Gasteiger partial charge in [-0.25, -0.2) is 9.97 Å². The number of hydrogen-bond acceptors (Lipinski definition) is 5. The Hall–Kier alpha value is -3.51. The van der Waals surface area contributed by atoms with Gasteiger partial charge in [0.1, 0.15) is 17.3 Å². The fraction of sp³-hybridized carbons (Fsp3) is 0.0476. The number of aromatic nitrogens is 3. The lowest BCUT2D eigenvalue weighted by Gasteiger charge is -2.11. The van der Waals surface area contributed by atoms with E-state index in [2.05, 4.69) is 25.6 Å². The molecule has 28 heavy (non-hydrogen) atoms. The molecular formula is C21H16ClN5O. The number of amides is 1. The summed E-state index contributed by atoms with van der Waals surface area (Å²) in [6, 6.07) is 18.3. The molecule has 2 aromatic heterocycles. The molecule has 138 valence electrons. The molecule has 1 amide bonds. The molecule has 0 aliphatic rings. The Labute approximate surface area is 166 Å². The van der Waals surface area contributed by atoms with Crippen LogP contribution in [0.1, 0.15) is 16.3 Å². The fourth-order valence-corrected chi connectivity index (χ4v) is 3.02. The van der Waals surface area contributed by atoms with Gasteiger partial charge in [0.15, 0.2) is 0 Å². The molecule has 0 aliphatic heterocycles. The molecular weight excluding hydrogens is 374 g/mol. The topological polar surface area (TPSA) is 79.8 Å². The van der Waals surface area contributed by atoms with Gasteiger partial charge < -0.3 is 10.6 Å².